The van der Waals surface area contributed by atoms with Crippen molar-refractivity contribution in [2.75, 3.05) is 6.61 Å². The van der Waals surface area contributed by atoms with Gasteiger partial charge in [0.25, 0.3) is 0 Å². The fraction of sp³-hybridized carbons (Fsp3) is 0.167. The van der Waals surface area contributed by atoms with Crippen LogP contribution in [0.5, 0.6) is 0 Å². The van der Waals surface area contributed by atoms with Gasteiger partial charge in [-0.1, -0.05) is 6.07 Å². The first kappa shape index (κ1) is 11.3. The van der Waals surface area contributed by atoms with Gasteiger partial charge in [0.15, 0.2) is 5.69 Å². The molecule has 0 aliphatic carbocycles. The quantitative estimate of drug-likeness (QED) is 0.767. The molecule has 0 unspecified atom stereocenters. The third kappa shape index (κ3) is 2.50. The van der Waals surface area contributed by atoms with Gasteiger partial charge in [0, 0.05) is 5.56 Å². The average Bonchev–Trinajstić information content (AvgIpc) is 2.78. The zero-order valence-corrected chi connectivity index (χ0v) is 9.14. The SMILES string of the molecule is CCOC(=O)c1coc(-c2cccc(F)c2)n1. The maximum Gasteiger partial charge on any atom is 0.360 e. The highest BCUT2D eigenvalue weighted by Gasteiger charge is 2.14. The van der Waals surface area contributed by atoms with E-state index in [0.717, 1.165) is 0 Å². The molecule has 0 aliphatic rings. The molecule has 2 rings (SSSR count). The van der Waals surface area contributed by atoms with E-state index >= 15 is 0 Å². The molecule has 1 heterocycles. The number of carbonyl (C=O) groups excluding carboxylic acids is 1. The zero-order chi connectivity index (χ0) is 12.3. The molecule has 0 aliphatic heterocycles. The summed E-state index contributed by atoms with van der Waals surface area (Å²) in [5.74, 6) is -0.759. The van der Waals surface area contributed by atoms with Gasteiger partial charge in [-0.05, 0) is 25.1 Å². The number of aromatic nitrogens is 1. The molecule has 0 atom stereocenters. The van der Waals surface area contributed by atoms with Gasteiger partial charge in [0.1, 0.15) is 12.1 Å². The Bertz CT molecular complexity index is 536. The third-order valence-corrected chi connectivity index (χ3v) is 2.06. The molecule has 4 nitrogen and oxygen atoms in total. The van der Waals surface area contributed by atoms with Crippen LogP contribution in [-0.2, 0) is 4.74 Å². The second kappa shape index (κ2) is 4.78. The summed E-state index contributed by atoms with van der Waals surface area (Å²) in [5, 5.41) is 0. The molecular formula is C12H10FNO3. The van der Waals surface area contributed by atoms with E-state index in [1.165, 1.54) is 18.4 Å². The Morgan fingerprint density at radius 1 is 1.53 bits per heavy atom. The maximum absolute atomic E-state index is 13.0. The van der Waals surface area contributed by atoms with Crippen LogP contribution < -0.4 is 0 Å². The summed E-state index contributed by atoms with van der Waals surface area (Å²) in [6.45, 7) is 1.96. The second-order valence-corrected chi connectivity index (χ2v) is 3.27. The molecule has 0 spiro atoms. The summed E-state index contributed by atoms with van der Waals surface area (Å²) in [5.41, 5.74) is 0.548. The summed E-state index contributed by atoms with van der Waals surface area (Å²) in [6.07, 6.45) is 1.19. The van der Waals surface area contributed by atoms with Gasteiger partial charge < -0.3 is 9.15 Å². The van der Waals surface area contributed by atoms with Crippen LogP contribution in [0.3, 0.4) is 0 Å². The van der Waals surface area contributed by atoms with Crippen molar-refractivity contribution in [1.29, 1.82) is 0 Å². The Morgan fingerprint density at radius 2 is 2.35 bits per heavy atom. The molecule has 5 heteroatoms. The molecule has 0 radical (unpaired) electrons. The lowest BCUT2D eigenvalue weighted by Crippen LogP contribution is -2.04. The standard InChI is InChI=1S/C12H10FNO3/c1-2-16-12(15)10-7-17-11(14-10)8-4-3-5-9(13)6-8/h3-7H,2H2,1H3. The van der Waals surface area contributed by atoms with Crippen LogP contribution >= 0.6 is 0 Å². The monoisotopic (exact) mass is 235 g/mol. The molecule has 0 saturated heterocycles. The number of benzene rings is 1. The third-order valence-electron chi connectivity index (χ3n) is 2.06. The fourth-order valence-electron chi connectivity index (χ4n) is 1.33. The summed E-state index contributed by atoms with van der Waals surface area (Å²) in [4.78, 5) is 15.3. The highest BCUT2D eigenvalue weighted by atomic mass is 19.1. The van der Waals surface area contributed by atoms with Gasteiger partial charge in [-0.3, -0.25) is 0 Å². The van der Waals surface area contributed by atoms with E-state index in [1.54, 1.807) is 19.1 Å². The number of halogens is 1. The predicted octanol–water partition coefficient (Wildman–Crippen LogP) is 2.66. The topological polar surface area (TPSA) is 52.3 Å². The van der Waals surface area contributed by atoms with Gasteiger partial charge in [0.05, 0.1) is 6.61 Å². The van der Waals surface area contributed by atoms with Crippen molar-refractivity contribution in [3.63, 3.8) is 0 Å². The van der Waals surface area contributed by atoms with Crippen LogP contribution in [0.25, 0.3) is 11.5 Å². The lowest BCUT2D eigenvalue weighted by Gasteiger charge is -1.95. The molecule has 2 aromatic rings. The minimum Gasteiger partial charge on any atom is -0.461 e. The number of carbonyl (C=O) groups is 1. The lowest BCUT2D eigenvalue weighted by atomic mass is 10.2. The van der Waals surface area contributed by atoms with Crippen LogP contribution in [0, 0.1) is 5.82 Å². The minimum atomic E-state index is -0.557. The maximum atomic E-state index is 13.0. The molecule has 0 amide bonds. The summed E-state index contributed by atoms with van der Waals surface area (Å²) in [6, 6.07) is 5.78. The largest absolute Gasteiger partial charge is 0.461 e. The van der Waals surface area contributed by atoms with E-state index < -0.39 is 11.8 Å². The van der Waals surface area contributed by atoms with E-state index in [9.17, 15) is 9.18 Å². The van der Waals surface area contributed by atoms with Crippen LogP contribution in [0.1, 0.15) is 17.4 Å². The molecule has 1 aromatic heterocycles. The Balaban J connectivity index is 2.27. The second-order valence-electron chi connectivity index (χ2n) is 3.27. The fourth-order valence-corrected chi connectivity index (χ4v) is 1.33. The van der Waals surface area contributed by atoms with Crippen LogP contribution in [-0.4, -0.2) is 17.6 Å². The van der Waals surface area contributed by atoms with E-state index in [1.807, 2.05) is 0 Å². The first-order valence-corrected chi connectivity index (χ1v) is 5.09. The van der Waals surface area contributed by atoms with Gasteiger partial charge in [-0.25, -0.2) is 14.2 Å². The van der Waals surface area contributed by atoms with E-state index in [2.05, 4.69) is 4.98 Å². The molecule has 0 bridgehead atoms. The van der Waals surface area contributed by atoms with Gasteiger partial charge in [-0.15, -0.1) is 0 Å². The molecule has 17 heavy (non-hydrogen) atoms. The van der Waals surface area contributed by atoms with Crippen molar-refractivity contribution in [2.24, 2.45) is 0 Å². The van der Waals surface area contributed by atoms with Gasteiger partial charge >= 0.3 is 5.97 Å². The average molecular weight is 235 g/mol. The van der Waals surface area contributed by atoms with Crippen LogP contribution in [0.2, 0.25) is 0 Å². The number of esters is 1. The Labute approximate surface area is 97.0 Å². The van der Waals surface area contributed by atoms with Crippen molar-refractivity contribution < 1.29 is 18.3 Å². The van der Waals surface area contributed by atoms with E-state index in [0.29, 0.717) is 5.56 Å². The number of ether oxygens (including phenoxy) is 1. The summed E-state index contributed by atoms with van der Waals surface area (Å²) in [7, 11) is 0. The molecule has 0 N–H and O–H groups in total. The lowest BCUT2D eigenvalue weighted by molar-refractivity contribution is 0.0519. The van der Waals surface area contributed by atoms with Crippen molar-refractivity contribution in [1.82, 2.24) is 4.98 Å². The van der Waals surface area contributed by atoms with E-state index in [4.69, 9.17) is 9.15 Å². The number of oxazole rings is 1. The summed E-state index contributed by atoms with van der Waals surface area (Å²) < 4.78 is 22.8. The molecular weight excluding hydrogens is 225 g/mol. The molecule has 0 fully saturated rings. The van der Waals surface area contributed by atoms with Gasteiger partial charge in [-0.2, -0.15) is 0 Å². The van der Waals surface area contributed by atoms with Crippen LogP contribution in [0.15, 0.2) is 34.9 Å². The smallest absolute Gasteiger partial charge is 0.360 e. The zero-order valence-electron chi connectivity index (χ0n) is 9.14. The van der Waals surface area contributed by atoms with Crippen molar-refractivity contribution in [3.05, 3.63) is 42.0 Å². The first-order chi connectivity index (χ1) is 8.20. The Morgan fingerprint density at radius 3 is 3.06 bits per heavy atom. The highest BCUT2D eigenvalue weighted by Crippen LogP contribution is 2.19. The van der Waals surface area contributed by atoms with Crippen LogP contribution in [0.4, 0.5) is 4.39 Å². The van der Waals surface area contributed by atoms with E-state index in [-0.39, 0.29) is 18.2 Å². The van der Waals surface area contributed by atoms with Crippen molar-refractivity contribution in [2.45, 2.75) is 6.92 Å². The van der Waals surface area contributed by atoms with Gasteiger partial charge in [0.2, 0.25) is 5.89 Å². The number of rotatable bonds is 3. The minimum absolute atomic E-state index is 0.0751. The Kier molecular flexibility index (Phi) is 3.18. The Hall–Kier alpha value is -2.17. The molecule has 88 valence electrons. The molecule has 0 saturated carbocycles. The number of hydrogen-bond acceptors (Lipinski definition) is 4. The predicted molar refractivity (Wildman–Crippen MR) is 57.9 cm³/mol. The molecule has 1 aromatic carbocycles. The number of nitrogens with zero attached hydrogens (tertiary/aromatic N) is 1. The normalized spacial score (nSPS) is 10.2. The summed E-state index contributed by atoms with van der Waals surface area (Å²) >= 11 is 0. The number of hydrogen-bond donors (Lipinski definition) is 0. The van der Waals surface area contributed by atoms with Crippen molar-refractivity contribution in [3.8, 4) is 11.5 Å². The highest BCUT2D eigenvalue weighted by molar-refractivity contribution is 5.87. The first-order valence-electron chi connectivity index (χ1n) is 5.09. The van der Waals surface area contributed by atoms with Crippen molar-refractivity contribution >= 4 is 5.97 Å².